The van der Waals surface area contributed by atoms with E-state index in [-0.39, 0.29) is 0 Å². The highest BCUT2D eigenvalue weighted by Gasteiger charge is 2.34. The van der Waals surface area contributed by atoms with E-state index in [0.29, 0.717) is 35.7 Å². The maximum Gasteiger partial charge on any atom is 0.221 e. The number of unbranched alkanes of at least 4 members (excludes halogenated alkanes) is 1. The molecule has 0 saturated heterocycles. The van der Waals surface area contributed by atoms with Crippen LogP contribution < -0.4 is 20.7 Å². The fourth-order valence-electron chi connectivity index (χ4n) is 5.57. The molecule has 1 fully saturated rings. The minimum atomic E-state index is 0.353. The van der Waals surface area contributed by atoms with Gasteiger partial charge in [0, 0.05) is 43.6 Å². The number of imidazole rings is 1. The van der Waals surface area contributed by atoms with Gasteiger partial charge in [0.2, 0.25) is 11.8 Å². The van der Waals surface area contributed by atoms with Gasteiger partial charge in [-0.05, 0) is 95.3 Å². The zero-order valence-electron chi connectivity index (χ0n) is 24.6. The number of aldehydes is 1. The lowest BCUT2D eigenvalue weighted by molar-refractivity contribution is 0.112. The van der Waals surface area contributed by atoms with Gasteiger partial charge in [-0.25, -0.2) is 9.67 Å². The van der Waals surface area contributed by atoms with Gasteiger partial charge >= 0.3 is 0 Å². The molecule has 0 radical (unpaired) electrons. The van der Waals surface area contributed by atoms with Gasteiger partial charge in [0.1, 0.15) is 6.29 Å². The summed E-state index contributed by atoms with van der Waals surface area (Å²) >= 11 is 0. The molecule has 218 valence electrons. The van der Waals surface area contributed by atoms with Crippen LogP contribution in [0.4, 0.5) is 11.6 Å². The Labute approximate surface area is 241 Å². The van der Waals surface area contributed by atoms with Crippen LogP contribution in [0.3, 0.4) is 0 Å². The van der Waals surface area contributed by atoms with Gasteiger partial charge in [-0.3, -0.25) is 9.78 Å². The number of pyridine rings is 1. The Morgan fingerprint density at radius 1 is 1.10 bits per heavy atom. The van der Waals surface area contributed by atoms with Crippen molar-refractivity contribution in [3.8, 4) is 17.1 Å². The van der Waals surface area contributed by atoms with Crippen molar-refractivity contribution in [1.82, 2.24) is 29.6 Å². The van der Waals surface area contributed by atoms with E-state index in [2.05, 4.69) is 48.8 Å². The molecule has 1 unspecified atom stereocenters. The molecular weight excluding hydrogens is 516 g/mol. The number of carbonyl (C=O) groups is 1. The van der Waals surface area contributed by atoms with Crippen molar-refractivity contribution in [1.29, 1.82) is 0 Å². The number of hydrogen-bond donors (Lipinski definition) is 3. The minimum absolute atomic E-state index is 0.353. The van der Waals surface area contributed by atoms with E-state index in [1.165, 1.54) is 18.4 Å². The van der Waals surface area contributed by atoms with Crippen molar-refractivity contribution in [2.45, 2.75) is 51.5 Å². The smallest absolute Gasteiger partial charge is 0.221 e. The monoisotopic (exact) mass is 558 g/mol. The third kappa shape index (κ3) is 6.70. The third-order valence-corrected chi connectivity index (χ3v) is 7.75. The molecule has 10 nitrogen and oxygen atoms in total. The molecule has 0 amide bonds. The predicted octanol–water partition coefficient (Wildman–Crippen LogP) is 5.22. The predicted molar refractivity (Wildman–Crippen MR) is 164 cm³/mol. The van der Waals surface area contributed by atoms with Crippen molar-refractivity contribution in [3.05, 3.63) is 47.8 Å². The molecule has 1 aliphatic carbocycles. The summed E-state index contributed by atoms with van der Waals surface area (Å²) in [5.74, 6) is 2.22. The molecule has 4 aromatic rings. The Morgan fingerprint density at radius 3 is 2.68 bits per heavy atom. The zero-order chi connectivity index (χ0) is 28.8. The lowest BCUT2D eigenvalue weighted by atomic mass is 10.1. The summed E-state index contributed by atoms with van der Waals surface area (Å²) in [6.07, 6.45) is 9.24. The molecule has 10 heteroatoms. The molecule has 1 atom stereocenters. The first-order valence-electron chi connectivity index (χ1n) is 14.7. The van der Waals surface area contributed by atoms with E-state index in [9.17, 15) is 4.79 Å². The standard InChI is InChI=1S/C31H42N8O2/c1-21-16-22(20-40)17-26(36-21)25-19-35-38(4)30(25)41-15-7-8-28(23-9-10-23)39-29-12-11-24(34-14-6-5-13-32-2)18-27(29)37-31(39)33-3/h11-12,16-20,23,28,32,34H,5-10,13-15H2,1-4H3,(H,33,37). The first kappa shape index (κ1) is 28.6. The topological polar surface area (TPSA) is 111 Å². The second kappa shape index (κ2) is 13.2. The van der Waals surface area contributed by atoms with E-state index in [4.69, 9.17) is 9.72 Å². The number of aryl methyl sites for hydroxylation is 2. The number of benzene rings is 1. The van der Waals surface area contributed by atoms with Crippen LogP contribution in [-0.4, -0.2) is 64.4 Å². The molecule has 3 N–H and O–H groups in total. The summed E-state index contributed by atoms with van der Waals surface area (Å²) in [7, 11) is 5.81. The molecule has 1 aromatic carbocycles. The van der Waals surface area contributed by atoms with Gasteiger partial charge in [0.15, 0.2) is 0 Å². The van der Waals surface area contributed by atoms with Crippen LogP contribution in [0.5, 0.6) is 5.88 Å². The number of ether oxygens (including phenoxy) is 1. The van der Waals surface area contributed by atoms with Crippen LogP contribution in [0.15, 0.2) is 36.5 Å². The van der Waals surface area contributed by atoms with Gasteiger partial charge in [-0.1, -0.05) is 0 Å². The number of nitrogens with zero attached hydrogens (tertiary/aromatic N) is 5. The quantitative estimate of drug-likeness (QED) is 0.127. The average molecular weight is 559 g/mol. The summed E-state index contributed by atoms with van der Waals surface area (Å²) in [5, 5.41) is 14.5. The summed E-state index contributed by atoms with van der Waals surface area (Å²) in [5.41, 5.74) is 6.15. The van der Waals surface area contributed by atoms with Crippen molar-refractivity contribution >= 4 is 29.0 Å². The van der Waals surface area contributed by atoms with Gasteiger partial charge < -0.3 is 25.3 Å². The van der Waals surface area contributed by atoms with Crippen LogP contribution in [0.2, 0.25) is 0 Å². The Kier molecular flexibility index (Phi) is 9.18. The number of rotatable bonds is 16. The fourth-order valence-corrected chi connectivity index (χ4v) is 5.57. The maximum atomic E-state index is 11.4. The highest BCUT2D eigenvalue weighted by Crippen LogP contribution is 2.45. The van der Waals surface area contributed by atoms with Crippen LogP contribution in [0.25, 0.3) is 22.3 Å². The Balaban J connectivity index is 1.27. The second-order valence-electron chi connectivity index (χ2n) is 10.9. The van der Waals surface area contributed by atoms with E-state index >= 15 is 0 Å². The van der Waals surface area contributed by atoms with Crippen LogP contribution in [0.1, 0.15) is 60.6 Å². The second-order valence-corrected chi connectivity index (χ2v) is 10.9. The number of hydrogen-bond acceptors (Lipinski definition) is 8. The molecule has 3 heterocycles. The minimum Gasteiger partial charge on any atom is -0.477 e. The first-order valence-corrected chi connectivity index (χ1v) is 14.7. The number of nitrogens with one attached hydrogen (secondary N) is 3. The summed E-state index contributed by atoms with van der Waals surface area (Å²) < 4.78 is 10.4. The summed E-state index contributed by atoms with van der Waals surface area (Å²) in [4.78, 5) is 21.0. The SMILES string of the molecule is CNCCCCNc1ccc2c(c1)nc(NC)n2C(CCCOc1c(-c2cc(C=O)cc(C)n2)cnn1C)C1CC1. The van der Waals surface area contributed by atoms with E-state index in [1.54, 1.807) is 23.0 Å². The van der Waals surface area contributed by atoms with Crippen molar-refractivity contribution in [3.63, 3.8) is 0 Å². The largest absolute Gasteiger partial charge is 0.477 e. The molecular formula is C31H42N8O2. The molecule has 1 saturated carbocycles. The van der Waals surface area contributed by atoms with Gasteiger partial charge in [0.05, 0.1) is 35.1 Å². The average Bonchev–Trinajstić information content (AvgIpc) is 3.66. The van der Waals surface area contributed by atoms with Gasteiger partial charge in [-0.2, -0.15) is 5.10 Å². The lowest BCUT2D eigenvalue weighted by Crippen LogP contribution is -2.15. The van der Waals surface area contributed by atoms with E-state index in [0.717, 1.165) is 73.5 Å². The van der Waals surface area contributed by atoms with Crippen molar-refractivity contribution in [2.75, 3.05) is 44.4 Å². The fraction of sp³-hybridized carbons (Fsp3) is 0.484. The van der Waals surface area contributed by atoms with Gasteiger partial charge in [-0.15, -0.1) is 0 Å². The van der Waals surface area contributed by atoms with Gasteiger partial charge in [0.25, 0.3) is 0 Å². The summed E-state index contributed by atoms with van der Waals surface area (Å²) in [6, 6.07) is 10.4. The van der Waals surface area contributed by atoms with E-state index < -0.39 is 0 Å². The lowest BCUT2D eigenvalue weighted by Gasteiger charge is -2.22. The zero-order valence-corrected chi connectivity index (χ0v) is 24.6. The van der Waals surface area contributed by atoms with Crippen LogP contribution in [-0.2, 0) is 7.05 Å². The molecule has 0 spiro atoms. The molecule has 0 aliphatic heterocycles. The molecule has 5 rings (SSSR count). The van der Waals surface area contributed by atoms with Crippen LogP contribution in [0, 0.1) is 12.8 Å². The molecule has 3 aromatic heterocycles. The van der Waals surface area contributed by atoms with E-state index in [1.807, 2.05) is 28.1 Å². The molecule has 0 bridgehead atoms. The maximum absolute atomic E-state index is 11.4. The number of aromatic nitrogens is 5. The highest BCUT2D eigenvalue weighted by molar-refractivity contribution is 5.82. The van der Waals surface area contributed by atoms with Crippen LogP contribution >= 0.6 is 0 Å². The molecule has 41 heavy (non-hydrogen) atoms. The normalized spacial score (nSPS) is 13.9. The number of carbonyl (C=O) groups excluding carboxylic acids is 1. The Hall–Kier alpha value is -3.92. The first-order chi connectivity index (χ1) is 20.0. The highest BCUT2D eigenvalue weighted by atomic mass is 16.5. The van der Waals surface area contributed by atoms with Crippen molar-refractivity contribution in [2.24, 2.45) is 13.0 Å². The molecule has 1 aliphatic rings. The number of anilines is 2. The van der Waals surface area contributed by atoms with Crippen molar-refractivity contribution < 1.29 is 9.53 Å². The Bertz CT molecular complexity index is 1470. The summed E-state index contributed by atoms with van der Waals surface area (Å²) in [6.45, 7) is 4.44. The number of fused-ring (bicyclic) bond motifs is 1. The third-order valence-electron chi connectivity index (χ3n) is 7.75. The Morgan fingerprint density at radius 2 is 1.93 bits per heavy atom.